The second-order valence-corrected chi connectivity index (χ2v) is 7.22. The SMILES string of the molecule is COc1cccc(CN2Cc3ccnn3[C@H](CCN3CCCC3=O)C2)c1. The summed E-state index contributed by atoms with van der Waals surface area (Å²) >= 11 is 0. The van der Waals surface area contributed by atoms with Crippen LogP contribution in [0.2, 0.25) is 0 Å². The first-order valence-electron chi connectivity index (χ1n) is 9.38. The Morgan fingerprint density at radius 3 is 3.04 bits per heavy atom. The average molecular weight is 354 g/mol. The second-order valence-electron chi connectivity index (χ2n) is 7.22. The summed E-state index contributed by atoms with van der Waals surface area (Å²) in [5.74, 6) is 1.20. The second kappa shape index (κ2) is 7.50. The molecular weight excluding hydrogens is 328 g/mol. The fourth-order valence-electron chi connectivity index (χ4n) is 4.07. The van der Waals surface area contributed by atoms with Crippen molar-refractivity contribution in [3.63, 3.8) is 0 Å². The maximum absolute atomic E-state index is 11.9. The van der Waals surface area contributed by atoms with Gasteiger partial charge in [0.1, 0.15) is 5.75 Å². The van der Waals surface area contributed by atoms with E-state index >= 15 is 0 Å². The van der Waals surface area contributed by atoms with Crippen LogP contribution >= 0.6 is 0 Å². The maximum Gasteiger partial charge on any atom is 0.222 e. The minimum atomic E-state index is 0.301. The molecule has 0 N–H and O–H groups in total. The van der Waals surface area contributed by atoms with Gasteiger partial charge in [0.25, 0.3) is 0 Å². The molecule has 1 saturated heterocycles. The molecule has 6 nitrogen and oxygen atoms in total. The number of fused-ring (bicyclic) bond motifs is 1. The first-order chi connectivity index (χ1) is 12.7. The van der Waals surface area contributed by atoms with Gasteiger partial charge in [-0.15, -0.1) is 0 Å². The molecule has 2 aromatic rings. The van der Waals surface area contributed by atoms with E-state index in [1.165, 1.54) is 11.3 Å². The van der Waals surface area contributed by atoms with Crippen LogP contribution in [0.5, 0.6) is 5.75 Å². The lowest BCUT2D eigenvalue weighted by atomic mass is 10.1. The molecule has 1 aromatic carbocycles. The van der Waals surface area contributed by atoms with Crippen LogP contribution in [-0.2, 0) is 17.9 Å². The smallest absolute Gasteiger partial charge is 0.222 e. The Hall–Kier alpha value is -2.34. The molecule has 1 fully saturated rings. The van der Waals surface area contributed by atoms with Gasteiger partial charge in [0.05, 0.1) is 18.8 Å². The van der Waals surface area contributed by atoms with Crippen LogP contribution in [0, 0.1) is 0 Å². The molecule has 0 radical (unpaired) electrons. The van der Waals surface area contributed by atoms with Gasteiger partial charge in [0, 0.05) is 45.3 Å². The summed E-state index contributed by atoms with van der Waals surface area (Å²) < 4.78 is 7.50. The molecule has 3 heterocycles. The van der Waals surface area contributed by atoms with Crippen molar-refractivity contribution < 1.29 is 9.53 Å². The van der Waals surface area contributed by atoms with Gasteiger partial charge in [-0.05, 0) is 36.6 Å². The van der Waals surface area contributed by atoms with Crippen LogP contribution in [-0.4, -0.2) is 52.2 Å². The quantitative estimate of drug-likeness (QED) is 0.800. The van der Waals surface area contributed by atoms with Gasteiger partial charge in [-0.3, -0.25) is 14.4 Å². The first kappa shape index (κ1) is 17.1. The normalized spacial score (nSPS) is 20.4. The lowest BCUT2D eigenvalue weighted by Crippen LogP contribution is -2.39. The third-order valence-corrected chi connectivity index (χ3v) is 5.40. The van der Waals surface area contributed by atoms with E-state index in [-0.39, 0.29) is 0 Å². The maximum atomic E-state index is 11.9. The fourth-order valence-corrected chi connectivity index (χ4v) is 4.07. The minimum Gasteiger partial charge on any atom is -0.497 e. The van der Waals surface area contributed by atoms with Crippen molar-refractivity contribution >= 4 is 5.91 Å². The summed E-state index contributed by atoms with van der Waals surface area (Å²) in [6.07, 6.45) is 4.55. The Morgan fingerprint density at radius 2 is 2.23 bits per heavy atom. The van der Waals surface area contributed by atoms with Gasteiger partial charge in [-0.1, -0.05) is 12.1 Å². The van der Waals surface area contributed by atoms with E-state index in [0.29, 0.717) is 18.4 Å². The number of aromatic nitrogens is 2. The van der Waals surface area contributed by atoms with Crippen molar-refractivity contribution in [2.45, 2.75) is 38.4 Å². The lowest BCUT2D eigenvalue weighted by Gasteiger charge is -2.34. The molecule has 0 unspecified atom stereocenters. The molecule has 4 rings (SSSR count). The summed E-state index contributed by atoms with van der Waals surface area (Å²) in [5.41, 5.74) is 2.50. The molecule has 6 heteroatoms. The highest BCUT2D eigenvalue weighted by molar-refractivity contribution is 5.78. The number of hydrogen-bond donors (Lipinski definition) is 0. The molecule has 0 saturated carbocycles. The van der Waals surface area contributed by atoms with Crippen molar-refractivity contribution in [3.05, 3.63) is 47.8 Å². The van der Waals surface area contributed by atoms with E-state index in [1.54, 1.807) is 7.11 Å². The number of hydrogen-bond acceptors (Lipinski definition) is 4. The van der Waals surface area contributed by atoms with Crippen molar-refractivity contribution in [1.82, 2.24) is 19.6 Å². The Balaban J connectivity index is 1.44. The topological polar surface area (TPSA) is 50.6 Å². The Kier molecular flexibility index (Phi) is 4.93. The lowest BCUT2D eigenvalue weighted by molar-refractivity contribution is -0.127. The number of nitrogens with zero attached hydrogens (tertiary/aromatic N) is 4. The number of amides is 1. The van der Waals surface area contributed by atoms with Crippen molar-refractivity contribution in [3.8, 4) is 5.75 Å². The predicted octanol–water partition coefficient (Wildman–Crippen LogP) is 2.46. The third kappa shape index (κ3) is 3.60. The number of carbonyl (C=O) groups is 1. The molecule has 2 aliphatic heterocycles. The zero-order chi connectivity index (χ0) is 17.9. The molecule has 0 bridgehead atoms. The minimum absolute atomic E-state index is 0.301. The van der Waals surface area contributed by atoms with Gasteiger partial charge >= 0.3 is 0 Å². The van der Waals surface area contributed by atoms with Gasteiger partial charge in [-0.2, -0.15) is 5.10 Å². The first-order valence-corrected chi connectivity index (χ1v) is 9.38. The zero-order valence-corrected chi connectivity index (χ0v) is 15.3. The van der Waals surface area contributed by atoms with Gasteiger partial charge in [0.15, 0.2) is 0 Å². The summed E-state index contributed by atoms with van der Waals surface area (Å²) in [6.45, 7) is 4.48. The number of ether oxygens (including phenoxy) is 1. The number of benzene rings is 1. The van der Waals surface area contributed by atoms with Crippen LogP contribution in [0.25, 0.3) is 0 Å². The van der Waals surface area contributed by atoms with Crippen molar-refractivity contribution in [2.75, 3.05) is 26.7 Å². The van der Waals surface area contributed by atoms with Gasteiger partial charge in [-0.25, -0.2) is 0 Å². The third-order valence-electron chi connectivity index (χ3n) is 5.40. The summed E-state index contributed by atoms with van der Waals surface area (Å²) in [7, 11) is 1.70. The van der Waals surface area contributed by atoms with E-state index in [1.807, 2.05) is 23.2 Å². The largest absolute Gasteiger partial charge is 0.497 e. The van der Waals surface area contributed by atoms with Crippen molar-refractivity contribution in [1.29, 1.82) is 0 Å². The summed E-state index contributed by atoms with van der Waals surface area (Å²) in [6, 6.07) is 10.7. The predicted molar refractivity (Wildman–Crippen MR) is 98.8 cm³/mol. The number of methoxy groups -OCH3 is 1. The molecule has 26 heavy (non-hydrogen) atoms. The highest BCUT2D eigenvalue weighted by Crippen LogP contribution is 2.26. The molecule has 138 valence electrons. The number of rotatable bonds is 6. The van der Waals surface area contributed by atoms with Crippen LogP contribution in [0.3, 0.4) is 0 Å². The van der Waals surface area contributed by atoms with Crippen LogP contribution in [0.4, 0.5) is 0 Å². The Morgan fingerprint density at radius 1 is 1.31 bits per heavy atom. The van der Waals surface area contributed by atoms with Crippen LogP contribution < -0.4 is 4.74 Å². The molecule has 0 spiro atoms. The summed E-state index contributed by atoms with van der Waals surface area (Å²) in [4.78, 5) is 16.4. The van der Waals surface area contributed by atoms with E-state index in [0.717, 1.165) is 51.3 Å². The van der Waals surface area contributed by atoms with E-state index < -0.39 is 0 Å². The number of likely N-dealkylation sites (tertiary alicyclic amines) is 1. The zero-order valence-electron chi connectivity index (χ0n) is 15.3. The highest BCUT2D eigenvalue weighted by Gasteiger charge is 2.27. The van der Waals surface area contributed by atoms with Gasteiger partial charge in [0.2, 0.25) is 5.91 Å². The van der Waals surface area contributed by atoms with E-state index in [4.69, 9.17) is 4.74 Å². The molecule has 1 atom stereocenters. The van der Waals surface area contributed by atoms with E-state index in [9.17, 15) is 4.79 Å². The van der Waals surface area contributed by atoms with Crippen molar-refractivity contribution in [2.24, 2.45) is 0 Å². The fraction of sp³-hybridized carbons (Fsp3) is 0.500. The van der Waals surface area contributed by atoms with Crippen LogP contribution in [0.15, 0.2) is 36.5 Å². The van der Waals surface area contributed by atoms with E-state index in [2.05, 4.69) is 32.9 Å². The monoisotopic (exact) mass is 354 g/mol. The molecule has 2 aliphatic rings. The van der Waals surface area contributed by atoms with Gasteiger partial charge < -0.3 is 9.64 Å². The molecule has 1 amide bonds. The highest BCUT2D eigenvalue weighted by atomic mass is 16.5. The standard InChI is InChI=1S/C20H26N4O2/c1-26-19-5-2-4-16(12-19)13-22-14-17-7-9-21-24(17)18(15-22)8-11-23-10-3-6-20(23)25/h2,4-5,7,9,12,18H,3,6,8,10-11,13-15H2,1H3/t18-/m1/s1. The van der Waals surface area contributed by atoms with Crippen LogP contribution in [0.1, 0.15) is 36.6 Å². The molecule has 1 aromatic heterocycles. The Bertz CT molecular complexity index is 773. The molecular formula is C20H26N4O2. The average Bonchev–Trinajstić information content (AvgIpc) is 3.28. The summed E-state index contributed by atoms with van der Waals surface area (Å²) in [5, 5.41) is 4.54. The Labute approximate surface area is 154 Å². The number of carbonyl (C=O) groups excluding carboxylic acids is 1. The molecule has 0 aliphatic carbocycles.